The Morgan fingerprint density at radius 1 is 0.448 bits per heavy atom. The SMILES string of the molecule is CC1(C)CCC(C)(C)c2cc3c(cc21)c1ccccc1n3-c1ccc(-c2nc(-c3ccccc3)nc(-c3cccc(-c4cccc5sc6ccccc6c45)c3)n2)cc1. The third-order valence-corrected chi connectivity index (χ3v) is 13.7. The van der Waals surface area contributed by atoms with Gasteiger partial charge in [-0.15, -0.1) is 11.3 Å². The molecule has 0 fully saturated rings. The average molecular weight is 767 g/mol. The lowest BCUT2D eigenvalue weighted by Crippen LogP contribution is -2.33. The van der Waals surface area contributed by atoms with Gasteiger partial charge in [-0.2, -0.15) is 0 Å². The van der Waals surface area contributed by atoms with Gasteiger partial charge < -0.3 is 4.57 Å². The van der Waals surface area contributed by atoms with Crippen molar-refractivity contribution in [3.8, 4) is 51.0 Å². The van der Waals surface area contributed by atoms with Crippen molar-refractivity contribution in [2.75, 3.05) is 0 Å². The third-order valence-electron chi connectivity index (χ3n) is 12.5. The van der Waals surface area contributed by atoms with Gasteiger partial charge in [0.2, 0.25) is 0 Å². The molecule has 1 aliphatic carbocycles. The molecule has 0 saturated heterocycles. The van der Waals surface area contributed by atoms with E-state index in [1.807, 2.05) is 29.5 Å². The van der Waals surface area contributed by atoms with Crippen LogP contribution in [0.5, 0.6) is 0 Å². The van der Waals surface area contributed by atoms with Gasteiger partial charge in [-0.25, -0.2) is 15.0 Å². The summed E-state index contributed by atoms with van der Waals surface area (Å²) in [5.41, 5.74) is 12.0. The molecule has 11 rings (SSSR count). The first kappa shape index (κ1) is 34.8. The van der Waals surface area contributed by atoms with Gasteiger partial charge >= 0.3 is 0 Å². The van der Waals surface area contributed by atoms with Gasteiger partial charge in [-0.1, -0.05) is 125 Å². The van der Waals surface area contributed by atoms with E-state index < -0.39 is 0 Å². The predicted octanol–water partition coefficient (Wildman–Crippen LogP) is 14.4. The Balaban J connectivity index is 1.04. The fourth-order valence-corrected chi connectivity index (χ4v) is 10.4. The van der Waals surface area contributed by atoms with Gasteiger partial charge in [-0.3, -0.25) is 0 Å². The second kappa shape index (κ2) is 13.1. The van der Waals surface area contributed by atoms with Crippen molar-refractivity contribution in [3.05, 3.63) is 169 Å². The highest BCUT2D eigenvalue weighted by Gasteiger charge is 2.38. The molecule has 1 aliphatic rings. The van der Waals surface area contributed by atoms with Crippen LogP contribution in [0, 0.1) is 0 Å². The minimum absolute atomic E-state index is 0.113. The van der Waals surface area contributed by atoms with Crippen molar-refractivity contribution in [1.82, 2.24) is 19.5 Å². The minimum Gasteiger partial charge on any atom is -0.309 e. The van der Waals surface area contributed by atoms with Crippen LogP contribution in [0.1, 0.15) is 51.7 Å². The smallest absolute Gasteiger partial charge is 0.164 e. The number of benzene rings is 7. The minimum atomic E-state index is 0.113. The van der Waals surface area contributed by atoms with E-state index >= 15 is 0 Å². The second-order valence-electron chi connectivity index (χ2n) is 17.1. The average Bonchev–Trinajstić information content (AvgIpc) is 3.81. The molecule has 0 radical (unpaired) electrons. The fraction of sp³-hybridized carbons (Fsp3) is 0.151. The highest BCUT2D eigenvalue weighted by molar-refractivity contribution is 7.25. The van der Waals surface area contributed by atoms with Crippen LogP contribution in [0.15, 0.2) is 158 Å². The molecule has 7 aromatic carbocycles. The van der Waals surface area contributed by atoms with Crippen LogP contribution in [0.2, 0.25) is 0 Å². The predicted molar refractivity (Wildman–Crippen MR) is 244 cm³/mol. The molecule has 280 valence electrons. The van der Waals surface area contributed by atoms with E-state index in [2.05, 4.69) is 172 Å². The van der Waals surface area contributed by atoms with Gasteiger partial charge in [0.25, 0.3) is 0 Å². The zero-order valence-electron chi connectivity index (χ0n) is 33.1. The Morgan fingerprint density at radius 3 is 1.78 bits per heavy atom. The third kappa shape index (κ3) is 5.59. The maximum atomic E-state index is 5.18. The number of nitrogens with zero attached hydrogens (tertiary/aromatic N) is 4. The molecule has 0 bridgehead atoms. The summed E-state index contributed by atoms with van der Waals surface area (Å²) >= 11 is 1.84. The van der Waals surface area contributed by atoms with Gasteiger partial charge in [-0.05, 0) is 107 Å². The lowest BCUT2D eigenvalue weighted by molar-refractivity contribution is 0.332. The molecule has 5 heteroatoms. The summed E-state index contributed by atoms with van der Waals surface area (Å²) in [5.74, 6) is 1.94. The van der Waals surface area contributed by atoms with E-state index in [0.717, 1.165) is 27.9 Å². The van der Waals surface area contributed by atoms with Crippen molar-refractivity contribution in [3.63, 3.8) is 0 Å². The van der Waals surface area contributed by atoms with Gasteiger partial charge in [0.1, 0.15) is 0 Å². The molecule has 0 N–H and O–H groups in total. The zero-order valence-corrected chi connectivity index (χ0v) is 33.9. The standard InChI is InChI=1S/C53H42N4S/c1-52(2)28-29-53(3,4)43-32-45-41(31-42(43)52)39-18-8-10-21-44(39)57(45)37-26-24-34(25-27-37)50-54-49(33-14-6-5-7-15-33)55-51(56-50)36-17-12-16-35(30-36)38-20-13-23-47-48(38)40-19-9-11-22-46(40)58-47/h5-27,30-32H,28-29H2,1-4H3. The molecular weight excluding hydrogens is 725 g/mol. The fourth-order valence-electron chi connectivity index (χ4n) is 9.26. The summed E-state index contributed by atoms with van der Waals surface area (Å²) < 4.78 is 5.02. The van der Waals surface area contributed by atoms with E-state index in [1.165, 1.54) is 71.5 Å². The molecule has 0 spiro atoms. The largest absolute Gasteiger partial charge is 0.309 e. The molecule has 0 unspecified atom stereocenters. The van der Waals surface area contributed by atoms with Crippen LogP contribution in [-0.2, 0) is 10.8 Å². The van der Waals surface area contributed by atoms with Crippen LogP contribution < -0.4 is 0 Å². The van der Waals surface area contributed by atoms with E-state index in [4.69, 9.17) is 15.0 Å². The van der Waals surface area contributed by atoms with Crippen LogP contribution in [0.3, 0.4) is 0 Å². The Morgan fingerprint density at radius 2 is 1.02 bits per heavy atom. The molecule has 0 saturated carbocycles. The molecule has 0 atom stereocenters. The number of hydrogen-bond acceptors (Lipinski definition) is 4. The molecule has 4 nitrogen and oxygen atoms in total. The summed E-state index contributed by atoms with van der Waals surface area (Å²) in [4.78, 5) is 15.4. The van der Waals surface area contributed by atoms with Crippen LogP contribution in [-0.4, -0.2) is 19.5 Å². The maximum absolute atomic E-state index is 5.18. The van der Waals surface area contributed by atoms with Gasteiger partial charge in [0.05, 0.1) is 11.0 Å². The summed E-state index contributed by atoms with van der Waals surface area (Å²) in [5, 5.41) is 5.17. The lowest BCUT2D eigenvalue weighted by Gasteiger charge is -2.42. The van der Waals surface area contributed by atoms with E-state index in [-0.39, 0.29) is 10.8 Å². The van der Waals surface area contributed by atoms with Crippen LogP contribution >= 0.6 is 11.3 Å². The van der Waals surface area contributed by atoms with Gasteiger partial charge in [0.15, 0.2) is 17.5 Å². The van der Waals surface area contributed by atoms with Crippen LogP contribution in [0.4, 0.5) is 0 Å². The normalized spacial score (nSPS) is 14.7. The Bertz CT molecular complexity index is 3220. The Kier molecular flexibility index (Phi) is 7.83. The molecular formula is C53H42N4S. The van der Waals surface area contributed by atoms with E-state index in [1.54, 1.807) is 0 Å². The number of fused-ring (bicyclic) bond motifs is 7. The maximum Gasteiger partial charge on any atom is 0.164 e. The Labute approximate surface area is 342 Å². The van der Waals surface area contributed by atoms with Crippen molar-refractivity contribution in [2.45, 2.75) is 51.4 Å². The molecule has 58 heavy (non-hydrogen) atoms. The summed E-state index contributed by atoms with van der Waals surface area (Å²) in [7, 11) is 0. The highest BCUT2D eigenvalue weighted by Crippen LogP contribution is 2.49. The topological polar surface area (TPSA) is 43.6 Å². The number of thiophene rings is 1. The lowest BCUT2D eigenvalue weighted by atomic mass is 9.63. The number of hydrogen-bond donors (Lipinski definition) is 0. The first-order valence-electron chi connectivity index (χ1n) is 20.2. The van der Waals surface area contributed by atoms with Crippen molar-refractivity contribution in [1.29, 1.82) is 0 Å². The first-order chi connectivity index (χ1) is 28.2. The summed E-state index contributed by atoms with van der Waals surface area (Å²) in [6.07, 6.45) is 2.37. The monoisotopic (exact) mass is 766 g/mol. The molecule has 0 aliphatic heterocycles. The number of rotatable bonds is 5. The van der Waals surface area contributed by atoms with Gasteiger partial charge in [0, 0.05) is 53.3 Å². The summed E-state index contributed by atoms with van der Waals surface area (Å²) in [6, 6.07) is 56.7. The summed E-state index contributed by atoms with van der Waals surface area (Å²) in [6.45, 7) is 9.63. The zero-order chi connectivity index (χ0) is 39.2. The van der Waals surface area contributed by atoms with Crippen molar-refractivity contribution < 1.29 is 0 Å². The quantitative estimate of drug-likeness (QED) is 0.175. The highest BCUT2D eigenvalue weighted by atomic mass is 32.1. The molecule has 0 amide bonds. The molecule has 10 aromatic rings. The first-order valence-corrected chi connectivity index (χ1v) is 21.1. The second-order valence-corrected chi connectivity index (χ2v) is 18.2. The number of aromatic nitrogens is 4. The Hall–Kier alpha value is -6.43. The van der Waals surface area contributed by atoms with E-state index in [0.29, 0.717) is 17.5 Å². The molecule has 3 heterocycles. The van der Waals surface area contributed by atoms with Crippen LogP contribution in [0.25, 0.3) is 93.0 Å². The number of para-hydroxylation sites is 1. The van der Waals surface area contributed by atoms with E-state index in [9.17, 15) is 0 Å². The van der Waals surface area contributed by atoms with Crippen molar-refractivity contribution in [2.24, 2.45) is 0 Å². The van der Waals surface area contributed by atoms with Crippen molar-refractivity contribution >= 4 is 53.3 Å². The molecule has 3 aromatic heterocycles.